The first-order valence-corrected chi connectivity index (χ1v) is 5.22. The van der Waals surface area contributed by atoms with E-state index in [4.69, 9.17) is 0 Å². The molecule has 0 saturated heterocycles. The van der Waals surface area contributed by atoms with Crippen molar-refractivity contribution in [2.75, 3.05) is 0 Å². The lowest BCUT2D eigenvalue weighted by Gasteiger charge is -2.16. The summed E-state index contributed by atoms with van der Waals surface area (Å²) in [5.41, 5.74) is -4.39. The van der Waals surface area contributed by atoms with Crippen molar-refractivity contribution < 1.29 is 30.7 Å². The average Bonchev–Trinajstić information content (AvgIpc) is 2.14. The third-order valence-corrected chi connectivity index (χ3v) is 2.55. The van der Waals surface area contributed by atoms with Gasteiger partial charge in [-0.2, -0.15) is 26.3 Å². The molecule has 0 aliphatic rings. The summed E-state index contributed by atoms with van der Waals surface area (Å²) in [6.07, 6.45) is -10.4. The Bertz CT molecular complexity index is 419. The number of alkyl halides is 7. The quantitative estimate of drug-likeness (QED) is 0.516. The van der Waals surface area contributed by atoms with Crippen molar-refractivity contribution in [1.29, 1.82) is 0 Å². The van der Waals surface area contributed by atoms with Gasteiger partial charge >= 0.3 is 12.4 Å². The second-order valence-corrected chi connectivity index (χ2v) is 3.68. The Labute approximate surface area is 99.6 Å². The molecule has 0 N–H and O–H groups in total. The van der Waals surface area contributed by atoms with Gasteiger partial charge in [-0.15, -0.1) is 0 Å². The molecule has 1 aromatic carbocycles. The van der Waals surface area contributed by atoms with Gasteiger partial charge in [0.25, 0.3) is 0 Å². The van der Waals surface area contributed by atoms with Crippen molar-refractivity contribution in [3.8, 4) is 0 Å². The largest absolute Gasteiger partial charge is 0.417 e. The lowest BCUT2D eigenvalue weighted by atomic mass is 10.0. The molecule has 0 nitrogen and oxygen atoms in total. The number of halogens is 8. The van der Waals surface area contributed by atoms with Crippen molar-refractivity contribution in [1.82, 2.24) is 0 Å². The monoisotopic (exact) mass is 324 g/mol. The second kappa shape index (κ2) is 4.47. The van der Waals surface area contributed by atoms with Gasteiger partial charge in [-0.3, -0.25) is 0 Å². The fourth-order valence-corrected chi connectivity index (χ4v) is 1.62. The van der Waals surface area contributed by atoms with E-state index in [2.05, 4.69) is 15.9 Å². The highest BCUT2D eigenvalue weighted by Crippen LogP contribution is 2.41. The molecule has 0 saturated carbocycles. The molecule has 1 aromatic rings. The smallest absolute Gasteiger partial charge is 0.207 e. The highest BCUT2D eigenvalue weighted by atomic mass is 79.9. The number of rotatable bonds is 1. The minimum atomic E-state index is -5.25. The zero-order chi connectivity index (χ0) is 13.4. The number of hydrogen-bond donors (Lipinski definition) is 0. The summed E-state index contributed by atoms with van der Waals surface area (Å²) in [5.74, 6) is -1.33. The normalized spacial score (nSPS) is 12.9. The lowest BCUT2D eigenvalue weighted by Crippen LogP contribution is -2.17. The molecule has 0 heterocycles. The predicted molar refractivity (Wildman–Crippen MR) is 49.0 cm³/mol. The van der Waals surface area contributed by atoms with E-state index in [-0.39, 0.29) is 17.5 Å². The van der Waals surface area contributed by atoms with E-state index >= 15 is 0 Å². The summed E-state index contributed by atoms with van der Waals surface area (Å²) >= 11 is 2.70. The van der Waals surface area contributed by atoms with Crippen LogP contribution >= 0.6 is 15.9 Å². The molecule has 0 spiro atoms. The van der Waals surface area contributed by atoms with Gasteiger partial charge in [-0.25, -0.2) is 4.39 Å². The van der Waals surface area contributed by atoms with Crippen molar-refractivity contribution >= 4 is 15.9 Å². The van der Waals surface area contributed by atoms with E-state index in [1.807, 2.05) is 0 Å². The summed E-state index contributed by atoms with van der Waals surface area (Å²) in [6.45, 7) is 0. The predicted octanol–water partition coefficient (Wildman–Crippen LogP) is 4.76. The van der Waals surface area contributed by atoms with Crippen LogP contribution in [0.1, 0.15) is 16.7 Å². The van der Waals surface area contributed by atoms with Gasteiger partial charge in [0.2, 0.25) is 0 Å². The molecule has 0 amide bonds. The van der Waals surface area contributed by atoms with Crippen LogP contribution in [0.25, 0.3) is 0 Å². The molecule has 0 radical (unpaired) electrons. The molecular weight excluding hydrogens is 321 g/mol. The highest BCUT2D eigenvalue weighted by Gasteiger charge is 2.43. The molecule has 0 aliphatic carbocycles. The molecule has 96 valence electrons. The van der Waals surface area contributed by atoms with E-state index in [9.17, 15) is 30.7 Å². The zero-order valence-corrected chi connectivity index (χ0v) is 9.47. The van der Waals surface area contributed by atoms with E-state index in [1.165, 1.54) is 0 Å². The molecule has 0 aromatic heterocycles. The molecule has 1 rings (SSSR count). The minimum absolute atomic E-state index is 0.139. The molecular formula is C9H4BrF7. The van der Waals surface area contributed by atoms with Gasteiger partial charge in [0.15, 0.2) is 0 Å². The maximum Gasteiger partial charge on any atom is 0.417 e. The first kappa shape index (κ1) is 14.3. The van der Waals surface area contributed by atoms with Gasteiger partial charge in [0.05, 0.1) is 11.1 Å². The number of hydrogen-bond acceptors (Lipinski definition) is 0. The Morgan fingerprint density at radius 1 is 0.882 bits per heavy atom. The zero-order valence-electron chi connectivity index (χ0n) is 7.89. The first-order valence-electron chi connectivity index (χ1n) is 4.10. The summed E-state index contributed by atoms with van der Waals surface area (Å²) in [4.78, 5) is 0. The summed E-state index contributed by atoms with van der Waals surface area (Å²) in [6, 6.07) is 0.0202. The standard InChI is InChI=1S/C9H4BrF7/c10-3-4-1-5(8(12,13)14)6(2-7(4)11)9(15,16)17/h1-2H,3H2. The fraction of sp³-hybridized carbons (Fsp3) is 0.333. The maximum absolute atomic E-state index is 13.1. The van der Waals surface area contributed by atoms with E-state index in [0.29, 0.717) is 0 Å². The Kier molecular flexibility index (Phi) is 3.75. The topological polar surface area (TPSA) is 0 Å². The third kappa shape index (κ3) is 3.11. The van der Waals surface area contributed by atoms with Crippen LogP contribution in [0.5, 0.6) is 0 Å². The van der Waals surface area contributed by atoms with E-state index in [1.54, 1.807) is 0 Å². The van der Waals surface area contributed by atoms with Gasteiger partial charge in [0, 0.05) is 5.33 Å². The second-order valence-electron chi connectivity index (χ2n) is 3.12. The third-order valence-electron chi connectivity index (χ3n) is 1.94. The molecule has 0 aliphatic heterocycles. The van der Waals surface area contributed by atoms with Crippen LogP contribution in [0.2, 0.25) is 0 Å². The first-order chi connectivity index (χ1) is 7.57. The summed E-state index contributed by atoms with van der Waals surface area (Å²) in [7, 11) is 0. The molecule has 17 heavy (non-hydrogen) atoms. The van der Waals surface area contributed by atoms with Crippen LogP contribution in [0.3, 0.4) is 0 Å². The molecule has 0 fully saturated rings. The molecule has 8 heteroatoms. The van der Waals surface area contributed by atoms with Crippen molar-refractivity contribution in [3.63, 3.8) is 0 Å². The Hall–Kier alpha value is -0.790. The van der Waals surface area contributed by atoms with Crippen LogP contribution in [-0.4, -0.2) is 0 Å². The highest BCUT2D eigenvalue weighted by molar-refractivity contribution is 9.08. The summed E-state index contributed by atoms with van der Waals surface area (Å²) in [5, 5.41) is -0.306. The van der Waals surface area contributed by atoms with Gasteiger partial charge < -0.3 is 0 Å². The molecule has 0 atom stereocenters. The number of benzene rings is 1. The van der Waals surface area contributed by atoms with Crippen LogP contribution in [0.4, 0.5) is 30.7 Å². The fourth-order valence-electron chi connectivity index (χ4n) is 1.19. The Balaban J connectivity index is 3.54. The maximum atomic E-state index is 13.1. The average molecular weight is 325 g/mol. The van der Waals surface area contributed by atoms with E-state index in [0.717, 1.165) is 0 Å². The van der Waals surface area contributed by atoms with Gasteiger partial charge in [-0.1, -0.05) is 15.9 Å². The van der Waals surface area contributed by atoms with Crippen molar-refractivity contribution in [2.45, 2.75) is 17.7 Å². The van der Waals surface area contributed by atoms with Crippen LogP contribution in [0, 0.1) is 5.82 Å². The Morgan fingerprint density at radius 3 is 1.65 bits per heavy atom. The van der Waals surface area contributed by atoms with Gasteiger partial charge in [-0.05, 0) is 17.7 Å². The SMILES string of the molecule is Fc1cc(C(F)(F)F)c(C(F)(F)F)cc1CBr. The van der Waals surface area contributed by atoms with Gasteiger partial charge in [0.1, 0.15) is 5.82 Å². The van der Waals surface area contributed by atoms with Crippen LogP contribution in [0.15, 0.2) is 12.1 Å². The minimum Gasteiger partial charge on any atom is -0.207 e. The molecule has 0 bridgehead atoms. The van der Waals surface area contributed by atoms with Crippen LogP contribution in [-0.2, 0) is 17.7 Å². The van der Waals surface area contributed by atoms with E-state index < -0.39 is 34.9 Å². The molecule has 0 unspecified atom stereocenters. The van der Waals surface area contributed by atoms with Crippen LogP contribution < -0.4 is 0 Å². The van der Waals surface area contributed by atoms with Crippen molar-refractivity contribution in [3.05, 3.63) is 34.6 Å². The summed E-state index contributed by atoms with van der Waals surface area (Å²) < 4.78 is 87.2. The Morgan fingerprint density at radius 2 is 1.29 bits per heavy atom. The van der Waals surface area contributed by atoms with Crippen molar-refractivity contribution in [2.24, 2.45) is 0 Å². The lowest BCUT2D eigenvalue weighted by molar-refractivity contribution is -0.162.